The van der Waals surface area contributed by atoms with Gasteiger partial charge in [0.15, 0.2) is 0 Å². The number of carbonyl (C=O) groups is 1. The number of rotatable bonds is 3. The molecule has 0 N–H and O–H groups in total. The van der Waals surface area contributed by atoms with Gasteiger partial charge in [0.05, 0.1) is 11.2 Å². The van der Waals surface area contributed by atoms with E-state index in [1.54, 1.807) is 0 Å². The van der Waals surface area contributed by atoms with Crippen LogP contribution < -0.4 is 10.4 Å². The van der Waals surface area contributed by atoms with E-state index < -0.39 is 0 Å². The molecular formula is C21H31BN2O3. The summed E-state index contributed by atoms with van der Waals surface area (Å²) in [4.78, 5) is 16.5. The molecule has 1 aromatic rings. The molecule has 0 aromatic heterocycles. The fraction of sp³-hybridized carbons (Fsp3) is 0.667. The zero-order chi connectivity index (χ0) is 19.2. The van der Waals surface area contributed by atoms with Crippen molar-refractivity contribution < 1.29 is 14.1 Å². The fourth-order valence-electron chi connectivity index (χ4n) is 4.34. The highest BCUT2D eigenvalue weighted by atomic mass is 16.7. The maximum absolute atomic E-state index is 12.0. The highest BCUT2D eigenvalue weighted by Gasteiger charge is 2.51. The Balaban J connectivity index is 1.43. The molecular weight excluding hydrogens is 339 g/mol. The molecule has 0 unspecified atom stereocenters. The Hall–Kier alpha value is -1.53. The maximum atomic E-state index is 12.0. The van der Waals surface area contributed by atoms with Crippen LogP contribution in [0, 0.1) is 0 Å². The third kappa shape index (κ3) is 3.50. The van der Waals surface area contributed by atoms with E-state index in [1.165, 1.54) is 5.69 Å². The van der Waals surface area contributed by atoms with Gasteiger partial charge in [-0.1, -0.05) is 12.1 Å². The molecule has 3 saturated heterocycles. The van der Waals surface area contributed by atoms with Gasteiger partial charge < -0.3 is 19.1 Å². The molecule has 3 heterocycles. The molecule has 6 heteroatoms. The van der Waals surface area contributed by atoms with E-state index in [9.17, 15) is 4.79 Å². The number of anilines is 1. The fourth-order valence-corrected chi connectivity index (χ4v) is 4.34. The van der Waals surface area contributed by atoms with Crippen molar-refractivity contribution in [2.45, 2.75) is 70.6 Å². The van der Waals surface area contributed by atoms with Gasteiger partial charge in [-0.15, -0.1) is 0 Å². The summed E-state index contributed by atoms with van der Waals surface area (Å²) in [5, 5.41) is 0. The Bertz CT molecular complexity index is 697. The zero-order valence-corrected chi connectivity index (χ0v) is 17.0. The van der Waals surface area contributed by atoms with E-state index in [2.05, 4.69) is 61.8 Å². The highest BCUT2D eigenvalue weighted by Crippen LogP contribution is 2.36. The number of likely N-dealkylation sites (tertiary alicyclic amines) is 1. The highest BCUT2D eigenvalue weighted by molar-refractivity contribution is 6.62. The van der Waals surface area contributed by atoms with Gasteiger partial charge in [0.25, 0.3) is 0 Å². The molecule has 5 nitrogen and oxygen atoms in total. The van der Waals surface area contributed by atoms with Crippen molar-refractivity contribution in [3.8, 4) is 0 Å². The summed E-state index contributed by atoms with van der Waals surface area (Å²) >= 11 is 0. The summed E-state index contributed by atoms with van der Waals surface area (Å²) in [6.07, 6.45) is 3.85. The first-order valence-electron chi connectivity index (χ1n) is 10.3. The van der Waals surface area contributed by atoms with Gasteiger partial charge in [0, 0.05) is 37.8 Å². The number of hydrogen-bond donors (Lipinski definition) is 0. The molecule has 4 rings (SSSR count). The number of piperidine rings is 1. The molecule has 1 aromatic carbocycles. The van der Waals surface area contributed by atoms with Crippen LogP contribution in [0.1, 0.15) is 53.4 Å². The van der Waals surface area contributed by atoms with Crippen molar-refractivity contribution in [1.29, 1.82) is 0 Å². The Morgan fingerprint density at radius 1 is 1.04 bits per heavy atom. The second-order valence-corrected chi connectivity index (χ2v) is 9.09. The van der Waals surface area contributed by atoms with E-state index in [1.807, 2.05) is 0 Å². The number of amides is 1. The minimum Gasteiger partial charge on any atom is -0.399 e. The van der Waals surface area contributed by atoms with E-state index in [0.717, 1.165) is 50.8 Å². The smallest absolute Gasteiger partial charge is 0.399 e. The average molecular weight is 370 g/mol. The third-order valence-corrected chi connectivity index (χ3v) is 6.78. The molecule has 3 aliphatic rings. The summed E-state index contributed by atoms with van der Waals surface area (Å²) < 4.78 is 12.4. The van der Waals surface area contributed by atoms with Crippen molar-refractivity contribution in [3.05, 3.63) is 24.3 Å². The van der Waals surface area contributed by atoms with E-state index in [4.69, 9.17) is 9.31 Å². The number of nitrogens with zero attached hydrogens (tertiary/aromatic N) is 2. The van der Waals surface area contributed by atoms with Gasteiger partial charge >= 0.3 is 7.12 Å². The summed E-state index contributed by atoms with van der Waals surface area (Å²) in [7, 11) is -0.324. The summed E-state index contributed by atoms with van der Waals surface area (Å²) in [6.45, 7) is 11.3. The van der Waals surface area contributed by atoms with Crippen molar-refractivity contribution in [1.82, 2.24) is 4.90 Å². The van der Waals surface area contributed by atoms with Crippen LogP contribution in [0.5, 0.6) is 0 Å². The van der Waals surface area contributed by atoms with Crippen LogP contribution in [0.2, 0.25) is 0 Å². The molecule has 0 atom stereocenters. The van der Waals surface area contributed by atoms with Gasteiger partial charge in [-0.2, -0.15) is 0 Å². The second kappa shape index (κ2) is 6.82. The Labute approximate surface area is 163 Å². The van der Waals surface area contributed by atoms with Crippen LogP contribution in [-0.2, 0) is 14.1 Å². The lowest BCUT2D eigenvalue weighted by Crippen LogP contribution is -2.45. The number of hydrogen-bond acceptors (Lipinski definition) is 4. The Morgan fingerprint density at radius 2 is 1.70 bits per heavy atom. The standard InChI is InChI=1S/C21H31BN2O3/c1-20(2)21(3,4)27-22(26-20)16-7-5-8-18(15-16)23-13-10-17(11-14-23)24-12-6-9-19(24)25/h5,7-8,15,17H,6,9-14H2,1-4H3. The normalized spacial score (nSPS) is 25.5. The summed E-state index contributed by atoms with van der Waals surface area (Å²) in [5.74, 6) is 0.344. The van der Waals surface area contributed by atoms with Crippen molar-refractivity contribution >= 4 is 24.2 Å². The van der Waals surface area contributed by atoms with Crippen LogP contribution in [0.4, 0.5) is 5.69 Å². The summed E-state index contributed by atoms with van der Waals surface area (Å²) in [5.41, 5.74) is 1.64. The minimum absolute atomic E-state index is 0.324. The number of benzene rings is 1. The van der Waals surface area contributed by atoms with E-state index in [-0.39, 0.29) is 18.3 Å². The predicted molar refractivity (Wildman–Crippen MR) is 108 cm³/mol. The second-order valence-electron chi connectivity index (χ2n) is 9.09. The largest absolute Gasteiger partial charge is 0.494 e. The van der Waals surface area contributed by atoms with Crippen molar-refractivity contribution in [2.75, 3.05) is 24.5 Å². The number of carbonyl (C=O) groups excluding carboxylic acids is 1. The molecule has 3 fully saturated rings. The predicted octanol–water partition coefficient (Wildman–Crippen LogP) is 2.58. The van der Waals surface area contributed by atoms with Crippen LogP contribution in [0.15, 0.2) is 24.3 Å². The van der Waals surface area contributed by atoms with Crippen molar-refractivity contribution in [2.24, 2.45) is 0 Å². The Kier molecular flexibility index (Phi) is 4.75. The lowest BCUT2D eigenvalue weighted by atomic mass is 9.79. The van der Waals surface area contributed by atoms with Crippen LogP contribution in [0.25, 0.3) is 0 Å². The van der Waals surface area contributed by atoms with E-state index in [0.29, 0.717) is 11.9 Å². The van der Waals surface area contributed by atoms with Crippen LogP contribution >= 0.6 is 0 Å². The zero-order valence-electron chi connectivity index (χ0n) is 17.0. The molecule has 0 bridgehead atoms. The molecule has 3 aliphatic heterocycles. The van der Waals surface area contributed by atoms with Gasteiger partial charge in [0.1, 0.15) is 0 Å². The van der Waals surface area contributed by atoms with Gasteiger partial charge in [-0.25, -0.2) is 0 Å². The van der Waals surface area contributed by atoms with Gasteiger partial charge in [-0.3, -0.25) is 4.79 Å². The molecule has 0 aliphatic carbocycles. The topological polar surface area (TPSA) is 42.0 Å². The quantitative estimate of drug-likeness (QED) is 0.767. The van der Waals surface area contributed by atoms with Gasteiger partial charge in [-0.05, 0) is 64.6 Å². The molecule has 146 valence electrons. The van der Waals surface area contributed by atoms with Crippen LogP contribution in [-0.4, -0.2) is 54.8 Å². The maximum Gasteiger partial charge on any atom is 0.494 e. The molecule has 27 heavy (non-hydrogen) atoms. The Morgan fingerprint density at radius 3 is 2.30 bits per heavy atom. The SMILES string of the molecule is CC1(C)OB(c2cccc(N3CCC(N4CCCC4=O)CC3)c2)OC1(C)C. The summed E-state index contributed by atoms with van der Waals surface area (Å²) in [6, 6.07) is 8.95. The minimum atomic E-state index is -0.325. The first kappa shape index (κ1) is 18.8. The first-order chi connectivity index (χ1) is 12.8. The molecule has 1 amide bonds. The lowest BCUT2D eigenvalue weighted by Gasteiger charge is -2.38. The first-order valence-corrected chi connectivity index (χ1v) is 10.3. The molecule has 0 radical (unpaired) electrons. The van der Waals surface area contributed by atoms with Gasteiger partial charge in [0.2, 0.25) is 5.91 Å². The monoisotopic (exact) mass is 370 g/mol. The molecule has 0 spiro atoms. The third-order valence-electron chi connectivity index (χ3n) is 6.78. The van der Waals surface area contributed by atoms with Crippen molar-refractivity contribution in [3.63, 3.8) is 0 Å². The molecule has 0 saturated carbocycles. The van der Waals surface area contributed by atoms with E-state index >= 15 is 0 Å². The average Bonchev–Trinajstić information content (AvgIpc) is 3.15. The lowest BCUT2D eigenvalue weighted by molar-refractivity contribution is -0.130. The van der Waals surface area contributed by atoms with Crippen LogP contribution in [0.3, 0.4) is 0 Å².